The van der Waals surface area contributed by atoms with E-state index >= 15 is 0 Å². The molecule has 4 aromatic carbocycles. The van der Waals surface area contributed by atoms with E-state index in [2.05, 4.69) is 121 Å². The zero-order chi connectivity index (χ0) is 19.0. The molecule has 0 amide bonds. The summed E-state index contributed by atoms with van der Waals surface area (Å²) in [6.07, 6.45) is 2.41. The molecule has 155 valence electrons. The fraction of sp³-hybridized carbons (Fsp3) is 0.0769. The van der Waals surface area contributed by atoms with Gasteiger partial charge in [0.2, 0.25) is 0 Å². The van der Waals surface area contributed by atoms with Gasteiger partial charge in [-0.05, 0) is 49.4 Å². The molecule has 0 bridgehead atoms. The van der Waals surface area contributed by atoms with Crippen LogP contribution in [0.25, 0.3) is 0 Å². The zero-order valence-corrected chi connectivity index (χ0v) is 20.8. The van der Waals surface area contributed by atoms with Gasteiger partial charge in [0.1, 0.15) is 0 Å². The van der Waals surface area contributed by atoms with Crippen LogP contribution >= 0.6 is 15.8 Å². The van der Waals surface area contributed by atoms with Crippen molar-refractivity contribution in [3.63, 3.8) is 0 Å². The summed E-state index contributed by atoms with van der Waals surface area (Å²) >= 11 is 0. The van der Waals surface area contributed by atoms with Crippen LogP contribution in [0.15, 0.2) is 121 Å². The van der Waals surface area contributed by atoms with E-state index in [1.54, 1.807) is 0 Å². The van der Waals surface area contributed by atoms with Crippen molar-refractivity contribution in [2.45, 2.75) is 0 Å². The maximum Gasteiger partial charge on any atom is 0 e. The molecule has 30 heavy (non-hydrogen) atoms. The summed E-state index contributed by atoms with van der Waals surface area (Å²) in [5.41, 5.74) is 0. The molecular weight excluding hydrogens is 513 g/mol. The molecule has 1 radical (unpaired) electrons. The molecule has 0 nitrogen and oxygen atoms in total. The largest absolute Gasteiger partial charge is 1.00 e. The SMILES string of the molecule is [Cl-].[Rh].c1ccc(P(CCP(c2ccccc2)c2ccccc2)c2ccccc2)cc1. The molecule has 0 aliphatic heterocycles. The summed E-state index contributed by atoms with van der Waals surface area (Å²) in [6, 6.07) is 44.2. The van der Waals surface area contributed by atoms with Crippen LogP contribution in [-0.4, -0.2) is 12.3 Å². The molecule has 0 saturated carbocycles. The Kier molecular flexibility index (Phi) is 10.9. The van der Waals surface area contributed by atoms with Crippen molar-refractivity contribution in [3.05, 3.63) is 121 Å². The van der Waals surface area contributed by atoms with Gasteiger partial charge in [-0.2, -0.15) is 0 Å². The van der Waals surface area contributed by atoms with Crippen molar-refractivity contribution < 1.29 is 31.9 Å². The first-order chi connectivity index (χ1) is 13.9. The van der Waals surface area contributed by atoms with Crippen molar-refractivity contribution in [3.8, 4) is 0 Å². The predicted octanol–water partition coefficient (Wildman–Crippen LogP) is 2.25. The minimum absolute atomic E-state index is 0. The molecule has 0 aliphatic rings. The summed E-state index contributed by atoms with van der Waals surface area (Å²) in [7, 11) is -0.696. The number of hydrogen-bond acceptors (Lipinski definition) is 0. The first-order valence-corrected chi connectivity index (χ1v) is 12.7. The summed E-state index contributed by atoms with van der Waals surface area (Å²) in [5, 5.41) is 5.89. The Morgan fingerprint density at radius 2 is 0.567 bits per heavy atom. The molecule has 0 atom stereocenters. The average Bonchev–Trinajstić information content (AvgIpc) is 2.79. The van der Waals surface area contributed by atoms with Crippen LogP contribution in [0.3, 0.4) is 0 Å². The molecular formula is C26H24ClP2Rh-. The van der Waals surface area contributed by atoms with Crippen molar-refractivity contribution in [1.29, 1.82) is 0 Å². The third-order valence-electron chi connectivity index (χ3n) is 4.82. The molecule has 0 aliphatic carbocycles. The normalized spacial score (nSPS) is 10.3. The van der Waals surface area contributed by atoms with Crippen LogP contribution in [0.1, 0.15) is 0 Å². The van der Waals surface area contributed by atoms with Gasteiger partial charge in [-0.3, -0.25) is 0 Å². The van der Waals surface area contributed by atoms with Crippen LogP contribution in [0.2, 0.25) is 0 Å². The fourth-order valence-corrected chi connectivity index (χ4v) is 8.80. The molecule has 0 fully saturated rings. The van der Waals surface area contributed by atoms with Gasteiger partial charge in [0.05, 0.1) is 0 Å². The van der Waals surface area contributed by atoms with Gasteiger partial charge in [-0.15, -0.1) is 0 Å². The number of hydrogen-bond donors (Lipinski definition) is 0. The molecule has 0 N–H and O–H groups in total. The molecule has 0 spiro atoms. The van der Waals surface area contributed by atoms with E-state index in [0.29, 0.717) is 0 Å². The first-order valence-electron chi connectivity index (χ1n) is 9.67. The van der Waals surface area contributed by atoms with Crippen LogP contribution in [0, 0.1) is 0 Å². The number of halogens is 1. The third kappa shape index (κ3) is 6.57. The molecule has 0 saturated heterocycles. The monoisotopic (exact) mass is 536 g/mol. The standard InChI is InChI=1S/C26H24P2.ClH.Rh/c1-5-13-23(14-6-1)27(24-15-7-2-8-16-24)21-22-28(25-17-9-3-10-18-25)26-19-11-4-12-20-26;;/h1-20H,21-22H2;1H;/p-1. The molecule has 4 heteroatoms. The zero-order valence-electron chi connectivity index (χ0n) is 16.6. The van der Waals surface area contributed by atoms with Gasteiger partial charge in [0, 0.05) is 19.5 Å². The first kappa shape index (κ1) is 24.9. The summed E-state index contributed by atoms with van der Waals surface area (Å²) in [5.74, 6) is 0. The molecule has 0 unspecified atom stereocenters. The van der Waals surface area contributed by atoms with Crippen LogP contribution in [0.5, 0.6) is 0 Å². The fourth-order valence-electron chi connectivity index (χ4n) is 3.45. The quantitative estimate of drug-likeness (QED) is 0.251. The summed E-state index contributed by atoms with van der Waals surface area (Å²) < 4.78 is 0. The number of benzene rings is 4. The van der Waals surface area contributed by atoms with E-state index in [1.807, 2.05) is 0 Å². The second kappa shape index (κ2) is 13.1. The Bertz CT molecular complexity index is 805. The minimum Gasteiger partial charge on any atom is -1.00 e. The molecule has 0 heterocycles. The van der Waals surface area contributed by atoms with Gasteiger partial charge < -0.3 is 12.4 Å². The van der Waals surface area contributed by atoms with E-state index in [0.717, 1.165) is 0 Å². The summed E-state index contributed by atoms with van der Waals surface area (Å²) in [6.45, 7) is 0. The Morgan fingerprint density at radius 3 is 0.767 bits per heavy atom. The Balaban J connectivity index is 0.00000160. The maximum atomic E-state index is 2.30. The minimum atomic E-state index is -0.348. The van der Waals surface area contributed by atoms with Crippen molar-refractivity contribution in [2.24, 2.45) is 0 Å². The Hall–Kier alpha value is -1.35. The van der Waals surface area contributed by atoms with Crippen molar-refractivity contribution in [2.75, 3.05) is 12.3 Å². The smallest absolute Gasteiger partial charge is 0 e. The second-order valence-electron chi connectivity index (χ2n) is 6.65. The predicted molar refractivity (Wildman–Crippen MR) is 128 cm³/mol. The van der Waals surface area contributed by atoms with E-state index in [-0.39, 0.29) is 47.7 Å². The third-order valence-corrected chi connectivity index (χ3v) is 10.2. The topological polar surface area (TPSA) is 0 Å². The van der Waals surface area contributed by atoms with Crippen molar-refractivity contribution in [1.82, 2.24) is 0 Å². The van der Waals surface area contributed by atoms with Crippen LogP contribution in [0.4, 0.5) is 0 Å². The van der Waals surface area contributed by atoms with E-state index in [4.69, 9.17) is 0 Å². The van der Waals surface area contributed by atoms with Gasteiger partial charge in [-0.25, -0.2) is 0 Å². The van der Waals surface area contributed by atoms with E-state index in [1.165, 1.54) is 33.5 Å². The van der Waals surface area contributed by atoms with E-state index in [9.17, 15) is 0 Å². The van der Waals surface area contributed by atoms with Crippen LogP contribution in [-0.2, 0) is 19.5 Å². The van der Waals surface area contributed by atoms with Gasteiger partial charge in [-0.1, -0.05) is 121 Å². The van der Waals surface area contributed by atoms with Gasteiger partial charge in [0.15, 0.2) is 0 Å². The second-order valence-corrected chi connectivity index (χ2v) is 11.3. The van der Waals surface area contributed by atoms with Gasteiger partial charge >= 0.3 is 0 Å². The van der Waals surface area contributed by atoms with Gasteiger partial charge in [0.25, 0.3) is 0 Å². The Labute approximate surface area is 201 Å². The average molecular weight is 537 g/mol. The Morgan fingerprint density at radius 1 is 0.367 bits per heavy atom. The molecule has 0 aromatic heterocycles. The molecule has 4 rings (SSSR count). The van der Waals surface area contributed by atoms with Crippen LogP contribution < -0.4 is 33.6 Å². The number of rotatable bonds is 7. The summed E-state index contributed by atoms with van der Waals surface area (Å²) in [4.78, 5) is 0. The molecule has 4 aromatic rings. The van der Waals surface area contributed by atoms with E-state index < -0.39 is 0 Å². The van der Waals surface area contributed by atoms with Crippen molar-refractivity contribution >= 4 is 37.1 Å². The maximum absolute atomic E-state index is 2.30.